The van der Waals surface area contributed by atoms with Gasteiger partial charge in [0.15, 0.2) is 0 Å². The summed E-state index contributed by atoms with van der Waals surface area (Å²) in [5.41, 5.74) is 6.58. The average molecular weight is 315 g/mol. The van der Waals surface area contributed by atoms with E-state index in [2.05, 4.69) is 5.32 Å². The van der Waals surface area contributed by atoms with E-state index in [0.717, 1.165) is 9.87 Å². The van der Waals surface area contributed by atoms with Gasteiger partial charge in [-0.2, -0.15) is 0 Å². The molecule has 1 amide bonds. The lowest BCUT2D eigenvalue weighted by atomic mass is 10.1. The van der Waals surface area contributed by atoms with Gasteiger partial charge in [0, 0.05) is 20.6 Å². The molecule has 0 fully saturated rings. The highest BCUT2D eigenvalue weighted by Gasteiger charge is 2.17. The number of carbonyl (C=O) groups is 1. The molecule has 0 radical (unpaired) electrons. The minimum atomic E-state index is -3.33. The molecule has 1 aromatic rings. The highest BCUT2D eigenvalue weighted by Crippen LogP contribution is 2.10. The first kappa shape index (κ1) is 17.4. The van der Waals surface area contributed by atoms with Gasteiger partial charge in [0.25, 0.3) is 0 Å². The van der Waals surface area contributed by atoms with Crippen molar-refractivity contribution in [1.82, 2.24) is 9.62 Å². The molecule has 0 saturated heterocycles. The van der Waals surface area contributed by atoms with Crippen LogP contribution in [0.4, 0.5) is 0 Å². The third-order valence-electron chi connectivity index (χ3n) is 2.94. The predicted octanol–water partition coefficient (Wildman–Crippen LogP) is -0.730. The van der Waals surface area contributed by atoms with Gasteiger partial charge < -0.3 is 16.2 Å². The van der Waals surface area contributed by atoms with Crippen molar-refractivity contribution < 1.29 is 18.3 Å². The van der Waals surface area contributed by atoms with Gasteiger partial charge in [0.05, 0.1) is 11.8 Å². The van der Waals surface area contributed by atoms with Gasteiger partial charge in [-0.3, -0.25) is 4.79 Å². The summed E-state index contributed by atoms with van der Waals surface area (Å²) in [7, 11) is -0.457. The maximum atomic E-state index is 11.8. The number of aromatic hydroxyl groups is 1. The van der Waals surface area contributed by atoms with Crippen LogP contribution in [0, 0.1) is 0 Å². The summed E-state index contributed by atoms with van der Waals surface area (Å²) in [6.07, 6.45) is 0.312. The van der Waals surface area contributed by atoms with Crippen molar-refractivity contribution in [1.29, 1.82) is 0 Å². The second-order valence-corrected chi connectivity index (χ2v) is 7.17. The van der Waals surface area contributed by atoms with Gasteiger partial charge in [0.2, 0.25) is 15.9 Å². The summed E-state index contributed by atoms with van der Waals surface area (Å²) in [5, 5.41) is 11.7. The van der Waals surface area contributed by atoms with Crippen molar-refractivity contribution in [2.24, 2.45) is 5.73 Å². The minimum absolute atomic E-state index is 0.0165. The van der Waals surface area contributed by atoms with Crippen molar-refractivity contribution in [2.45, 2.75) is 12.5 Å². The minimum Gasteiger partial charge on any atom is -0.508 e. The van der Waals surface area contributed by atoms with Crippen LogP contribution in [0.2, 0.25) is 0 Å². The first-order valence-corrected chi connectivity index (χ1v) is 8.04. The Morgan fingerprint density at radius 3 is 2.43 bits per heavy atom. The molecule has 0 aliphatic carbocycles. The van der Waals surface area contributed by atoms with Crippen molar-refractivity contribution in [3.63, 3.8) is 0 Å². The highest BCUT2D eigenvalue weighted by molar-refractivity contribution is 7.89. The van der Waals surface area contributed by atoms with E-state index in [-0.39, 0.29) is 18.0 Å². The number of nitrogens with two attached hydrogens (primary N) is 1. The number of carbonyl (C=O) groups excluding carboxylic acids is 1. The van der Waals surface area contributed by atoms with E-state index in [0.29, 0.717) is 6.42 Å². The smallest absolute Gasteiger partial charge is 0.237 e. The molecular formula is C13H21N3O4S. The van der Waals surface area contributed by atoms with E-state index in [9.17, 15) is 13.2 Å². The van der Waals surface area contributed by atoms with Crippen molar-refractivity contribution >= 4 is 15.9 Å². The molecule has 4 N–H and O–H groups in total. The third kappa shape index (κ3) is 5.70. The van der Waals surface area contributed by atoms with E-state index in [4.69, 9.17) is 10.8 Å². The number of amides is 1. The lowest BCUT2D eigenvalue weighted by Crippen LogP contribution is -2.44. The van der Waals surface area contributed by atoms with Crippen LogP contribution in [0.15, 0.2) is 24.3 Å². The van der Waals surface area contributed by atoms with Crippen LogP contribution in [0.25, 0.3) is 0 Å². The molecule has 0 aliphatic heterocycles. The molecule has 8 heteroatoms. The van der Waals surface area contributed by atoms with Crippen LogP contribution in [-0.2, 0) is 21.2 Å². The fourth-order valence-corrected chi connectivity index (χ4v) is 2.32. The Labute approximate surface area is 124 Å². The zero-order chi connectivity index (χ0) is 16.0. The number of nitrogens with one attached hydrogen (secondary N) is 1. The van der Waals surface area contributed by atoms with Gasteiger partial charge >= 0.3 is 0 Å². The van der Waals surface area contributed by atoms with Gasteiger partial charge in [0.1, 0.15) is 5.75 Å². The molecule has 0 saturated carbocycles. The van der Waals surface area contributed by atoms with E-state index < -0.39 is 22.0 Å². The summed E-state index contributed by atoms with van der Waals surface area (Å²) < 4.78 is 24.2. The second kappa shape index (κ2) is 7.39. The zero-order valence-corrected chi connectivity index (χ0v) is 12.9. The van der Waals surface area contributed by atoms with Crippen LogP contribution < -0.4 is 11.1 Å². The van der Waals surface area contributed by atoms with Crippen molar-refractivity contribution in [3.05, 3.63) is 29.8 Å². The lowest BCUT2D eigenvalue weighted by molar-refractivity contribution is -0.122. The van der Waals surface area contributed by atoms with Gasteiger partial charge in [-0.1, -0.05) is 12.1 Å². The molecule has 0 spiro atoms. The SMILES string of the molecule is CN(C)S(=O)(=O)CCNC(=O)[C@@H](N)Cc1ccc(O)cc1. The van der Waals surface area contributed by atoms with E-state index in [1.54, 1.807) is 12.1 Å². The number of nitrogens with zero attached hydrogens (tertiary/aromatic N) is 1. The molecule has 0 bridgehead atoms. The van der Waals surface area contributed by atoms with Crippen LogP contribution >= 0.6 is 0 Å². The first-order chi connectivity index (χ1) is 9.72. The highest BCUT2D eigenvalue weighted by atomic mass is 32.2. The second-order valence-electron chi connectivity index (χ2n) is 4.87. The topological polar surface area (TPSA) is 113 Å². The Morgan fingerprint density at radius 1 is 1.33 bits per heavy atom. The molecular weight excluding hydrogens is 294 g/mol. The van der Waals surface area contributed by atoms with Gasteiger partial charge in [-0.15, -0.1) is 0 Å². The van der Waals surface area contributed by atoms with Crippen LogP contribution in [0.1, 0.15) is 5.56 Å². The van der Waals surface area contributed by atoms with Gasteiger partial charge in [-0.25, -0.2) is 12.7 Å². The fourth-order valence-electron chi connectivity index (χ4n) is 1.60. The number of rotatable bonds is 7. The van der Waals surface area contributed by atoms with E-state index in [1.165, 1.54) is 26.2 Å². The summed E-state index contributed by atoms with van der Waals surface area (Å²) in [6.45, 7) is 0.0165. The number of hydrogen-bond donors (Lipinski definition) is 3. The standard InChI is InChI=1S/C13H21N3O4S/c1-16(2)21(19,20)8-7-15-13(18)12(14)9-10-3-5-11(17)6-4-10/h3-6,12,17H,7-9,14H2,1-2H3,(H,15,18)/t12-/m0/s1. The molecule has 0 heterocycles. The molecule has 0 aromatic heterocycles. The molecule has 7 nitrogen and oxygen atoms in total. The number of sulfonamides is 1. The number of phenols is 1. The van der Waals surface area contributed by atoms with E-state index >= 15 is 0 Å². The largest absolute Gasteiger partial charge is 0.508 e. The number of hydrogen-bond acceptors (Lipinski definition) is 5. The predicted molar refractivity (Wildman–Crippen MR) is 80.3 cm³/mol. The molecule has 21 heavy (non-hydrogen) atoms. The average Bonchev–Trinajstić information content (AvgIpc) is 2.40. The maximum Gasteiger partial charge on any atom is 0.237 e. The molecule has 0 aliphatic rings. The number of benzene rings is 1. The molecule has 118 valence electrons. The Balaban J connectivity index is 2.43. The Hall–Kier alpha value is -1.64. The Kier molecular flexibility index (Phi) is 6.13. The molecule has 0 unspecified atom stereocenters. The van der Waals surface area contributed by atoms with Crippen molar-refractivity contribution in [2.75, 3.05) is 26.4 Å². The lowest BCUT2D eigenvalue weighted by Gasteiger charge is -2.14. The summed E-state index contributed by atoms with van der Waals surface area (Å²) in [5.74, 6) is -0.430. The fraction of sp³-hybridized carbons (Fsp3) is 0.462. The molecule has 1 aromatic carbocycles. The van der Waals surface area contributed by atoms with Crippen LogP contribution in [-0.4, -0.2) is 56.2 Å². The molecule has 1 rings (SSSR count). The number of phenolic OH excluding ortho intramolecular Hbond substituents is 1. The Bertz CT molecular complexity index is 570. The van der Waals surface area contributed by atoms with E-state index in [1.807, 2.05) is 0 Å². The third-order valence-corrected chi connectivity index (χ3v) is 4.78. The van der Waals surface area contributed by atoms with Gasteiger partial charge in [-0.05, 0) is 24.1 Å². The molecule has 1 atom stereocenters. The monoisotopic (exact) mass is 315 g/mol. The summed E-state index contributed by atoms with van der Waals surface area (Å²) >= 11 is 0. The normalized spacial score (nSPS) is 13.1. The summed E-state index contributed by atoms with van der Waals surface area (Å²) in [4.78, 5) is 11.8. The maximum absolute atomic E-state index is 11.8. The van der Waals surface area contributed by atoms with Crippen LogP contribution in [0.3, 0.4) is 0 Å². The Morgan fingerprint density at radius 2 is 1.90 bits per heavy atom. The first-order valence-electron chi connectivity index (χ1n) is 6.44. The van der Waals surface area contributed by atoms with Crippen LogP contribution in [0.5, 0.6) is 5.75 Å². The zero-order valence-electron chi connectivity index (χ0n) is 12.1. The van der Waals surface area contributed by atoms with Crippen molar-refractivity contribution in [3.8, 4) is 5.75 Å². The summed E-state index contributed by atoms with van der Waals surface area (Å²) in [6, 6.07) is 5.63. The quantitative estimate of drug-likeness (QED) is 0.614.